The van der Waals surface area contributed by atoms with Crippen molar-refractivity contribution in [1.82, 2.24) is 3.97 Å². The second-order valence-electron chi connectivity index (χ2n) is 4.39. The van der Waals surface area contributed by atoms with Gasteiger partial charge in [-0.15, -0.1) is 0 Å². The quantitative estimate of drug-likeness (QED) is 0.442. The molecule has 0 fully saturated rings. The number of hydrogen-bond donors (Lipinski definition) is 0. The lowest BCUT2D eigenvalue weighted by molar-refractivity contribution is -0.686. The lowest BCUT2D eigenvalue weighted by Crippen LogP contribution is -2.38. The molecule has 0 aliphatic rings. The van der Waals surface area contributed by atoms with Gasteiger partial charge in [0.05, 0.1) is 17.7 Å². The molecule has 0 atom stereocenters. The molecule has 0 spiro atoms. The standard InChI is InChI=1S/C13H24N3S.C2H6/c1-6-7-8-14-11(2)9-15-10-16(17-5)13(4)12(15)3;1-2/h10H,6-9H2,1-5H3;1-2H3/q+1;. The molecule has 0 aliphatic carbocycles. The molecule has 0 unspecified atom stereocenters. The maximum absolute atomic E-state index is 4.59. The molecule has 110 valence electrons. The lowest BCUT2D eigenvalue weighted by atomic mass is 10.3. The second kappa shape index (κ2) is 10.1. The Balaban J connectivity index is 0.00000154. The zero-order chi connectivity index (χ0) is 14.8. The third-order valence-electron chi connectivity index (χ3n) is 3.02. The first-order valence-corrected chi connectivity index (χ1v) is 8.40. The second-order valence-corrected chi connectivity index (χ2v) is 5.15. The molecule has 0 radical (unpaired) electrons. The molecule has 0 amide bonds. The Kier molecular flexibility index (Phi) is 9.66. The summed E-state index contributed by atoms with van der Waals surface area (Å²) in [6, 6.07) is 0. The highest BCUT2D eigenvalue weighted by molar-refractivity contribution is 7.97. The van der Waals surface area contributed by atoms with E-state index in [4.69, 9.17) is 0 Å². The van der Waals surface area contributed by atoms with E-state index in [0.29, 0.717) is 0 Å². The Bertz CT molecular complexity index is 394. The summed E-state index contributed by atoms with van der Waals surface area (Å²) < 4.78 is 4.48. The SMILES string of the molecule is CC.CCCCN=C(C)C[n+]1cn(SC)c(C)c1C. The fourth-order valence-electron chi connectivity index (χ4n) is 1.74. The van der Waals surface area contributed by atoms with Crippen LogP contribution in [-0.2, 0) is 6.54 Å². The summed E-state index contributed by atoms with van der Waals surface area (Å²) in [4.78, 5) is 4.59. The van der Waals surface area contributed by atoms with Gasteiger partial charge in [0.1, 0.15) is 12.2 Å². The van der Waals surface area contributed by atoms with Crippen LogP contribution < -0.4 is 4.57 Å². The molecule has 0 N–H and O–H groups in total. The van der Waals surface area contributed by atoms with Crippen molar-refractivity contribution in [3.8, 4) is 0 Å². The van der Waals surface area contributed by atoms with Crippen molar-refractivity contribution in [2.45, 2.75) is 60.9 Å². The highest BCUT2D eigenvalue weighted by atomic mass is 32.2. The van der Waals surface area contributed by atoms with Gasteiger partial charge in [-0.2, -0.15) is 3.97 Å². The Morgan fingerprint density at radius 2 is 2.00 bits per heavy atom. The summed E-state index contributed by atoms with van der Waals surface area (Å²) in [5.74, 6) is 0. The smallest absolute Gasteiger partial charge is 0.256 e. The van der Waals surface area contributed by atoms with Crippen LogP contribution in [0.5, 0.6) is 0 Å². The Morgan fingerprint density at radius 1 is 1.37 bits per heavy atom. The maximum atomic E-state index is 4.59. The van der Waals surface area contributed by atoms with Crippen LogP contribution in [0.15, 0.2) is 11.3 Å². The summed E-state index contributed by atoms with van der Waals surface area (Å²) >= 11 is 1.73. The summed E-state index contributed by atoms with van der Waals surface area (Å²) in [5.41, 5.74) is 3.85. The maximum Gasteiger partial charge on any atom is 0.256 e. The van der Waals surface area contributed by atoms with Crippen molar-refractivity contribution in [3.05, 3.63) is 17.7 Å². The number of aromatic nitrogens is 2. The van der Waals surface area contributed by atoms with E-state index in [0.717, 1.165) is 13.1 Å². The minimum atomic E-state index is 0.907. The largest absolute Gasteiger partial charge is 0.290 e. The third kappa shape index (κ3) is 5.81. The molecule has 1 rings (SSSR count). The van der Waals surface area contributed by atoms with Gasteiger partial charge in [-0.1, -0.05) is 27.2 Å². The van der Waals surface area contributed by atoms with E-state index in [1.807, 2.05) is 13.8 Å². The predicted octanol–water partition coefficient (Wildman–Crippen LogP) is 3.81. The minimum Gasteiger partial charge on any atom is -0.290 e. The van der Waals surface area contributed by atoms with Gasteiger partial charge in [-0.3, -0.25) is 4.99 Å². The summed E-state index contributed by atoms with van der Waals surface area (Å²) in [6.07, 6.45) is 6.66. The van der Waals surface area contributed by atoms with Crippen LogP contribution in [0.4, 0.5) is 0 Å². The van der Waals surface area contributed by atoms with Crippen molar-refractivity contribution in [2.24, 2.45) is 4.99 Å². The van der Waals surface area contributed by atoms with Crippen molar-refractivity contribution >= 4 is 17.7 Å². The molecule has 1 aromatic rings. The van der Waals surface area contributed by atoms with E-state index >= 15 is 0 Å². The molecule has 0 bridgehead atoms. The molecule has 0 aromatic carbocycles. The van der Waals surface area contributed by atoms with Crippen LogP contribution in [0.1, 0.15) is 51.9 Å². The molecular formula is C15H30N3S+. The lowest BCUT2D eigenvalue weighted by Gasteiger charge is -1.99. The van der Waals surface area contributed by atoms with Gasteiger partial charge in [0, 0.05) is 26.6 Å². The Hall–Kier alpha value is -0.770. The predicted molar refractivity (Wildman–Crippen MR) is 87.2 cm³/mol. The van der Waals surface area contributed by atoms with E-state index in [1.54, 1.807) is 11.9 Å². The number of rotatable bonds is 6. The molecule has 0 aliphatic heterocycles. The molecule has 3 nitrogen and oxygen atoms in total. The summed E-state index contributed by atoms with van der Waals surface area (Å²) in [7, 11) is 0. The van der Waals surface area contributed by atoms with Gasteiger partial charge in [0.15, 0.2) is 5.69 Å². The average Bonchev–Trinajstić information content (AvgIpc) is 2.69. The van der Waals surface area contributed by atoms with Crippen molar-refractivity contribution < 1.29 is 4.57 Å². The minimum absolute atomic E-state index is 0.907. The van der Waals surface area contributed by atoms with Crippen molar-refractivity contribution in [2.75, 3.05) is 12.8 Å². The normalized spacial score (nSPS) is 11.2. The fraction of sp³-hybridized carbons (Fsp3) is 0.733. The number of hydrogen-bond acceptors (Lipinski definition) is 2. The number of nitrogens with zero attached hydrogens (tertiary/aromatic N) is 3. The van der Waals surface area contributed by atoms with Gasteiger partial charge in [0.2, 0.25) is 0 Å². The van der Waals surface area contributed by atoms with E-state index in [9.17, 15) is 0 Å². The van der Waals surface area contributed by atoms with E-state index < -0.39 is 0 Å². The summed E-state index contributed by atoms with van der Waals surface area (Å²) in [5, 5.41) is 0. The Labute approximate surface area is 123 Å². The molecule has 0 saturated heterocycles. The van der Waals surface area contributed by atoms with Crippen LogP contribution in [0.2, 0.25) is 0 Å². The van der Waals surface area contributed by atoms with Gasteiger partial charge >= 0.3 is 0 Å². The first-order valence-electron chi connectivity index (χ1n) is 7.22. The Morgan fingerprint density at radius 3 is 2.47 bits per heavy atom. The molecule has 4 heteroatoms. The highest BCUT2D eigenvalue weighted by Gasteiger charge is 2.15. The van der Waals surface area contributed by atoms with Crippen LogP contribution in [-0.4, -0.2) is 22.5 Å². The van der Waals surface area contributed by atoms with E-state index in [-0.39, 0.29) is 0 Å². The first-order chi connectivity index (χ1) is 9.10. The van der Waals surface area contributed by atoms with Crippen LogP contribution >= 0.6 is 11.9 Å². The number of unbranched alkanes of at least 4 members (excludes halogenated alkanes) is 1. The van der Waals surface area contributed by atoms with Crippen molar-refractivity contribution in [3.63, 3.8) is 0 Å². The van der Waals surface area contributed by atoms with Crippen molar-refractivity contribution in [1.29, 1.82) is 0 Å². The molecule has 1 heterocycles. The van der Waals surface area contributed by atoms with Gasteiger partial charge in [0.25, 0.3) is 6.33 Å². The van der Waals surface area contributed by atoms with Gasteiger partial charge in [-0.05, 0) is 13.3 Å². The summed E-state index contributed by atoms with van der Waals surface area (Å²) in [6.45, 7) is 14.5. The van der Waals surface area contributed by atoms with E-state index in [1.165, 1.54) is 29.9 Å². The van der Waals surface area contributed by atoms with Gasteiger partial charge < -0.3 is 0 Å². The average molecular weight is 284 g/mol. The van der Waals surface area contributed by atoms with Crippen LogP contribution in [0.25, 0.3) is 0 Å². The van der Waals surface area contributed by atoms with E-state index in [2.05, 4.69) is 53.8 Å². The zero-order valence-corrected chi connectivity index (χ0v) is 14.5. The topological polar surface area (TPSA) is 21.2 Å². The number of imidazole rings is 1. The van der Waals surface area contributed by atoms with Crippen LogP contribution in [0.3, 0.4) is 0 Å². The molecule has 0 saturated carbocycles. The van der Waals surface area contributed by atoms with Crippen LogP contribution in [0, 0.1) is 13.8 Å². The number of aliphatic imine (C=N–C) groups is 1. The van der Waals surface area contributed by atoms with Gasteiger partial charge in [-0.25, -0.2) is 4.57 Å². The first kappa shape index (κ1) is 18.2. The monoisotopic (exact) mass is 284 g/mol. The zero-order valence-electron chi connectivity index (χ0n) is 13.7. The molecule has 1 aromatic heterocycles. The third-order valence-corrected chi connectivity index (χ3v) is 3.78. The molecular weight excluding hydrogens is 254 g/mol. The highest BCUT2D eigenvalue weighted by Crippen LogP contribution is 2.09. The fourth-order valence-corrected chi connectivity index (χ4v) is 2.35. The molecule has 19 heavy (non-hydrogen) atoms.